The van der Waals surface area contributed by atoms with E-state index in [4.69, 9.17) is 5.73 Å². The maximum absolute atomic E-state index is 13.4. The zero-order valence-electron chi connectivity index (χ0n) is 23.1. The van der Waals surface area contributed by atoms with Crippen molar-refractivity contribution in [3.8, 4) is 0 Å². The summed E-state index contributed by atoms with van der Waals surface area (Å²) in [5, 5.41) is 4.12. The van der Waals surface area contributed by atoms with E-state index in [0.717, 1.165) is 12.1 Å². The van der Waals surface area contributed by atoms with E-state index in [9.17, 15) is 40.8 Å². The highest BCUT2D eigenvalue weighted by atomic mass is 32.2. The molecular formula is C30H29F3N4O6S. The Bertz CT molecular complexity index is 1630. The number of benzene rings is 3. The number of primary amides is 1. The first-order valence-electron chi connectivity index (χ1n) is 13.4. The molecule has 0 spiro atoms. The Balaban J connectivity index is 1.45. The topological polar surface area (TPSA) is 165 Å². The van der Waals surface area contributed by atoms with Gasteiger partial charge in [-0.15, -0.1) is 0 Å². The number of amides is 4. The second-order valence-corrected chi connectivity index (χ2v) is 12.2. The number of hydrogen-bond acceptors (Lipinski definition) is 6. The van der Waals surface area contributed by atoms with Crippen LogP contribution >= 0.6 is 0 Å². The maximum atomic E-state index is 13.4. The van der Waals surface area contributed by atoms with Gasteiger partial charge in [-0.25, -0.2) is 8.42 Å². The highest BCUT2D eigenvalue weighted by Gasteiger charge is 2.38. The number of halogens is 3. The molecule has 0 bridgehead atoms. The third kappa shape index (κ3) is 8.43. The Labute approximate surface area is 251 Å². The van der Waals surface area contributed by atoms with E-state index in [1.54, 1.807) is 42.5 Å². The fraction of sp³-hybridized carbons (Fsp3) is 0.267. The molecule has 3 aromatic carbocycles. The van der Waals surface area contributed by atoms with Gasteiger partial charge in [0.2, 0.25) is 33.7 Å². The first-order valence-corrected chi connectivity index (χ1v) is 15.0. The summed E-state index contributed by atoms with van der Waals surface area (Å²) in [6.45, 7) is 0. The average Bonchev–Trinajstić information content (AvgIpc) is 3.24. The Kier molecular flexibility index (Phi) is 9.72. The number of carbonyl (C=O) groups is 4. The standard InChI is InChI=1S/C30H29F3N4O6S/c31-30(32,33)22-12-8-20(9-13-22)16-26(38)35-24(15-18-4-2-1-3-5-18)29(41)36-23(28(34)40)14-19-6-10-21(11-7-19)25-17-27(39)37-44(25,42)43/h1-13,23-25H,14-17H2,(H2,34,40)(H,35,38)(H,36,41)(H,37,39)/t23?,24-,25-/m0/s1. The predicted octanol–water partition coefficient (Wildman–Crippen LogP) is 2.08. The van der Waals surface area contributed by atoms with Gasteiger partial charge in [0.15, 0.2) is 0 Å². The summed E-state index contributed by atoms with van der Waals surface area (Å²) in [6.07, 6.45) is -5.02. The number of nitrogens with one attached hydrogen (secondary N) is 3. The molecule has 0 aromatic heterocycles. The molecule has 232 valence electrons. The summed E-state index contributed by atoms with van der Waals surface area (Å²) < 4.78 is 64.9. The van der Waals surface area contributed by atoms with E-state index in [2.05, 4.69) is 10.6 Å². The van der Waals surface area contributed by atoms with Crippen LogP contribution < -0.4 is 21.1 Å². The number of nitrogens with two attached hydrogens (primary N) is 1. The molecule has 4 rings (SSSR count). The van der Waals surface area contributed by atoms with Crippen molar-refractivity contribution in [2.45, 2.75) is 49.2 Å². The molecule has 0 saturated carbocycles. The summed E-state index contributed by atoms with van der Waals surface area (Å²) in [5.41, 5.74) is 6.63. The Morgan fingerprint density at radius 2 is 1.41 bits per heavy atom. The van der Waals surface area contributed by atoms with Gasteiger partial charge >= 0.3 is 6.18 Å². The minimum atomic E-state index is -4.52. The quantitative estimate of drug-likeness (QED) is 0.253. The fourth-order valence-corrected chi connectivity index (χ4v) is 6.18. The number of alkyl halides is 3. The molecule has 3 aromatic rings. The molecule has 1 aliphatic heterocycles. The molecule has 14 heteroatoms. The Morgan fingerprint density at radius 1 is 0.841 bits per heavy atom. The first-order chi connectivity index (χ1) is 20.7. The summed E-state index contributed by atoms with van der Waals surface area (Å²) in [7, 11) is -3.84. The van der Waals surface area contributed by atoms with Crippen LogP contribution in [0.15, 0.2) is 78.9 Å². The van der Waals surface area contributed by atoms with Gasteiger partial charge in [-0.1, -0.05) is 66.7 Å². The molecule has 1 aliphatic rings. The van der Waals surface area contributed by atoms with Gasteiger partial charge in [0.05, 0.1) is 18.4 Å². The molecule has 1 unspecified atom stereocenters. The summed E-state index contributed by atoms with van der Waals surface area (Å²) in [6, 6.07) is 16.6. The van der Waals surface area contributed by atoms with Crippen LogP contribution in [0.1, 0.15) is 39.5 Å². The van der Waals surface area contributed by atoms with Crippen molar-refractivity contribution < 1.29 is 40.8 Å². The normalized spacial score (nSPS) is 17.2. The van der Waals surface area contributed by atoms with E-state index in [0.29, 0.717) is 22.3 Å². The third-order valence-corrected chi connectivity index (χ3v) is 8.73. The van der Waals surface area contributed by atoms with Crippen molar-refractivity contribution in [2.75, 3.05) is 0 Å². The third-order valence-electron chi connectivity index (χ3n) is 7.03. The van der Waals surface area contributed by atoms with Crippen LogP contribution in [0.2, 0.25) is 0 Å². The van der Waals surface area contributed by atoms with Crippen molar-refractivity contribution in [1.82, 2.24) is 15.4 Å². The monoisotopic (exact) mass is 630 g/mol. The van der Waals surface area contributed by atoms with Crippen LogP contribution in [-0.2, 0) is 54.6 Å². The zero-order valence-corrected chi connectivity index (χ0v) is 24.0. The van der Waals surface area contributed by atoms with Crippen LogP contribution in [0, 0.1) is 0 Å². The molecule has 44 heavy (non-hydrogen) atoms. The second kappa shape index (κ2) is 13.3. The largest absolute Gasteiger partial charge is 0.416 e. The van der Waals surface area contributed by atoms with Crippen LogP contribution in [0.5, 0.6) is 0 Å². The molecular weight excluding hydrogens is 601 g/mol. The molecule has 4 amide bonds. The fourth-order valence-electron chi connectivity index (χ4n) is 4.75. The molecule has 1 heterocycles. The van der Waals surface area contributed by atoms with Gasteiger partial charge < -0.3 is 16.4 Å². The van der Waals surface area contributed by atoms with Crippen LogP contribution in [0.4, 0.5) is 13.2 Å². The average molecular weight is 631 g/mol. The number of carbonyl (C=O) groups excluding carboxylic acids is 4. The SMILES string of the molecule is NC(=O)C(Cc1ccc([C@@H]2CC(=O)NS2(=O)=O)cc1)NC(=O)[C@H](Cc1ccccc1)NC(=O)Cc1ccc(C(F)(F)F)cc1. The van der Waals surface area contributed by atoms with E-state index in [-0.39, 0.29) is 25.7 Å². The van der Waals surface area contributed by atoms with Crippen molar-refractivity contribution in [3.05, 3.63) is 107 Å². The van der Waals surface area contributed by atoms with E-state index in [1.807, 2.05) is 4.72 Å². The second-order valence-electron chi connectivity index (χ2n) is 10.4. The van der Waals surface area contributed by atoms with Crippen LogP contribution in [0.25, 0.3) is 0 Å². The molecule has 10 nitrogen and oxygen atoms in total. The predicted molar refractivity (Wildman–Crippen MR) is 153 cm³/mol. The molecule has 1 saturated heterocycles. The van der Waals surface area contributed by atoms with Gasteiger partial charge in [0.25, 0.3) is 0 Å². The van der Waals surface area contributed by atoms with Gasteiger partial charge in [-0.05, 0) is 34.4 Å². The highest BCUT2D eigenvalue weighted by Crippen LogP contribution is 2.30. The summed E-state index contributed by atoms with van der Waals surface area (Å²) >= 11 is 0. The first kappa shape index (κ1) is 32.2. The molecule has 0 aliphatic carbocycles. The highest BCUT2D eigenvalue weighted by molar-refractivity contribution is 7.90. The smallest absolute Gasteiger partial charge is 0.368 e. The zero-order chi connectivity index (χ0) is 32.1. The lowest BCUT2D eigenvalue weighted by molar-refractivity contribution is -0.137. The maximum Gasteiger partial charge on any atom is 0.416 e. The van der Waals surface area contributed by atoms with Gasteiger partial charge in [-0.3, -0.25) is 23.9 Å². The van der Waals surface area contributed by atoms with Gasteiger partial charge in [-0.2, -0.15) is 13.2 Å². The van der Waals surface area contributed by atoms with Gasteiger partial charge in [0.1, 0.15) is 17.3 Å². The number of sulfonamides is 1. The summed E-state index contributed by atoms with van der Waals surface area (Å²) in [4.78, 5) is 50.1. The van der Waals surface area contributed by atoms with Crippen molar-refractivity contribution in [1.29, 1.82) is 0 Å². The Morgan fingerprint density at radius 3 is 1.95 bits per heavy atom. The lowest BCUT2D eigenvalue weighted by Gasteiger charge is -2.22. The van der Waals surface area contributed by atoms with Crippen LogP contribution in [-0.4, -0.2) is 44.1 Å². The van der Waals surface area contributed by atoms with Crippen molar-refractivity contribution in [3.63, 3.8) is 0 Å². The van der Waals surface area contributed by atoms with E-state index in [1.165, 1.54) is 24.3 Å². The number of rotatable bonds is 11. The molecule has 0 radical (unpaired) electrons. The molecule has 1 fully saturated rings. The lowest BCUT2D eigenvalue weighted by atomic mass is 10.0. The van der Waals surface area contributed by atoms with Crippen molar-refractivity contribution >= 4 is 33.7 Å². The molecule has 3 atom stereocenters. The Hall–Kier alpha value is -4.72. The minimum absolute atomic E-state index is 0.0481. The lowest BCUT2D eigenvalue weighted by Crippen LogP contribution is -2.54. The number of hydrogen-bond donors (Lipinski definition) is 4. The summed E-state index contributed by atoms with van der Waals surface area (Å²) in [5.74, 6) is -2.80. The van der Waals surface area contributed by atoms with Crippen LogP contribution in [0.3, 0.4) is 0 Å². The van der Waals surface area contributed by atoms with E-state index >= 15 is 0 Å². The van der Waals surface area contributed by atoms with E-state index < -0.39 is 62.7 Å². The molecule has 5 N–H and O–H groups in total. The van der Waals surface area contributed by atoms with Crippen molar-refractivity contribution in [2.24, 2.45) is 5.73 Å². The van der Waals surface area contributed by atoms with Gasteiger partial charge in [0, 0.05) is 12.8 Å². The minimum Gasteiger partial charge on any atom is -0.368 e.